The summed E-state index contributed by atoms with van der Waals surface area (Å²) in [6, 6.07) is 2.78. The number of nitrogens with one attached hydrogen (secondary N) is 1. The lowest BCUT2D eigenvalue weighted by Gasteiger charge is -2.45. The first-order valence-corrected chi connectivity index (χ1v) is 10.9. The number of aromatic nitrogens is 4. The normalized spacial score (nSPS) is 18.1. The summed E-state index contributed by atoms with van der Waals surface area (Å²) in [6.45, 7) is 10.4. The van der Waals surface area contributed by atoms with Crippen LogP contribution in [0.25, 0.3) is 21.7 Å². The zero-order valence-electron chi connectivity index (χ0n) is 18.2. The SMILES string of the molecule is Cc1ncc(-c2cc(O)c(-c3cnc(OC4CC(C)(C)NC(C)(C)C4)nn3)cc2F)s1. The van der Waals surface area contributed by atoms with Crippen molar-refractivity contribution in [2.24, 2.45) is 0 Å². The van der Waals surface area contributed by atoms with Crippen LogP contribution in [0.4, 0.5) is 4.39 Å². The van der Waals surface area contributed by atoms with Gasteiger partial charge in [0.2, 0.25) is 0 Å². The Morgan fingerprint density at radius 2 is 1.77 bits per heavy atom. The van der Waals surface area contributed by atoms with Crippen molar-refractivity contribution >= 4 is 11.3 Å². The third-order valence-corrected chi connectivity index (χ3v) is 6.16. The van der Waals surface area contributed by atoms with Crippen molar-refractivity contribution in [1.29, 1.82) is 0 Å². The Morgan fingerprint density at radius 3 is 2.35 bits per heavy atom. The minimum Gasteiger partial charge on any atom is -0.507 e. The van der Waals surface area contributed by atoms with E-state index < -0.39 is 5.82 Å². The Morgan fingerprint density at radius 1 is 1.06 bits per heavy atom. The molecular weight excluding hydrogens is 417 g/mol. The number of phenols is 1. The fourth-order valence-corrected chi connectivity index (χ4v) is 5.14. The largest absolute Gasteiger partial charge is 0.507 e. The van der Waals surface area contributed by atoms with Crippen LogP contribution in [-0.2, 0) is 0 Å². The Bertz CT molecular complexity index is 1080. The van der Waals surface area contributed by atoms with Gasteiger partial charge >= 0.3 is 6.01 Å². The molecule has 31 heavy (non-hydrogen) atoms. The molecule has 0 radical (unpaired) electrons. The number of thiazole rings is 1. The van der Waals surface area contributed by atoms with E-state index in [4.69, 9.17) is 4.74 Å². The molecule has 0 atom stereocenters. The molecule has 1 aliphatic heterocycles. The highest BCUT2D eigenvalue weighted by Gasteiger charge is 2.39. The highest BCUT2D eigenvalue weighted by molar-refractivity contribution is 7.15. The van der Waals surface area contributed by atoms with Gasteiger partial charge in [-0.3, -0.25) is 0 Å². The van der Waals surface area contributed by atoms with Crippen LogP contribution in [0, 0.1) is 12.7 Å². The molecule has 0 aliphatic carbocycles. The van der Waals surface area contributed by atoms with Crippen LogP contribution in [0.3, 0.4) is 0 Å². The number of aryl methyl sites for hydroxylation is 1. The number of halogens is 1. The number of phenolic OH excluding ortho intramolecular Hbond substituents is 1. The van der Waals surface area contributed by atoms with Gasteiger partial charge in [-0.15, -0.1) is 16.4 Å². The van der Waals surface area contributed by atoms with Crippen molar-refractivity contribution in [3.8, 4) is 33.5 Å². The summed E-state index contributed by atoms with van der Waals surface area (Å²) in [5, 5.41) is 23.1. The van der Waals surface area contributed by atoms with Gasteiger partial charge in [0, 0.05) is 41.2 Å². The van der Waals surface area contributed by atoms with Gasteiger partial charge in [0.15, 0.2) is 0 Å². The Balaban J connectivity index is 1.54. The summed E-state index contributed by atoms with van der Waals surface area (Å²) in [4.78, 5) is 9.03. The average Bonchev–Trinajstić information content (AvgIpc) is 3.07. The van der Waals surface area contributed by atoms with Crippen LogP contribution in [-0.4, -0.2) is 42.5 Å². The van der Waals surface area contributed by atoms with Crippen LogP contribution >= 0.6 is 11.3 Å². The number of hydrogen-bond acceptors (Lipinski definition) is 8. The van der Waals surface area contributed by atoms with E-state index in [-0.39, 0.29) is 40.2 Å². The Kier molecular flexibility index (Phi) is 5.43. The molecule has 1 aromatic carbocycles. The number of benzene rings is 1. The molecule has 1 fully saturated rings. The van der Waals surface area contributed by atoms with Crippen molar-refractivity contribution in [2.75, 3.05) is 0 Å². The van der Waals surface area contributed by atoms with Gasteiger partial charge in [0.05, 0.1) is 16.1 Å². The minimum absolute atomic E-state index is 0.0492. The quantitative estimate of drug-likeness (QED) is 0.613. The fraction of sp³-hybridized carbons (Fsp3) is 0.455. The number of nitrogens with zero attached hydrogens (tertiary/aromatic N) is 4. The van der Waals surface area contributed by atoms with E-state index in [2.05, 4.69) is 53.2 Å². The molecule has 0 spiro atoms. The van der Waals surface area contributed by atoms with Gasteiger partial charge in [-0.05, 0) is 46.8 Å². The first-order valence-electron chi connectivity index (χ1n) is 10.1. The maximum Gasteiger partial charge on any atom is 0.335 e. The van der Waals surface area contributed by atoms with Crippen molar-refractivity contribution < 1.29 is 14.2 Å². The molecule has 164 valence electrons. The zero-order chi connectivity index (χ0) is 22.4. The monoisotopic (exact) mass is 443 g/mol. The van der Waals surface area contributed by atoms with Gasteiger partial charge in [-0.25, -0.2) is 14.4 Å². The summed E-state index contributed by atoms with van der Waals surface area (Å²) in [7, 11) is 0. The lowest BCUT2D eigenvalue weighted by Crippen LogP contribution is -2.60. The average molecular weight is 444 g/mol. The Hall–Kier alpha value is -2.65. The molecule has 1 saturated heterocycles. The van der Waals surface area contributed by atoms with E-state index in [1.54, 1.807) is 6.20 Å². The van der Waals surface area contributed by atoms with Gasteiger partial charge in [0.1, 0.15) is 23.4 Å². The molecule has 1 aliphatic rings. The minimum atomic E-state index is -0.474. The lowest BCUT2D eigenvalue weighted by atomic mass is 9.81. The highest BCUT2D eigenvalue weighted by atomic mass is 32.1. The summed E-state index contributed by atoms with van der Waals surface area (Å²) >= 11 is 1.36. The second kappa shape index (κ2) is 7.80. The number of ether oxygens (including phenoxy) is 1. The third-order valence-electron chi connectivity index (χ3n) is 5.21. The van der Waals surface area contributed by atoms with E-state index in [0.717, 1.165) is 17.8 Å². The second-order valence-electron chi connectivity index (χ2n) is 9.26. The van der Waals surface area contributed by atoms with Crippen molar-refractivity contribution in [3.05, 3.63) is 35.4 Å². The fourth-order valence-electron chi connectivity index (χ4n) is 4.34. The topological polar surface area (TPSA) is 93.1 Å². The summed E-state index contributed by atoms with van der Waals surface area (Å²) in [5.74, 6) is -0.577. The van der Waals surface area contributed by atoms with Gasteiger partial charge in [-0.2, -0.15) is 0 Å². The molecule has 0 unspecified atom stereocenters. The molecule has 3 aromatic rings. The first-order chi connectivity index (χ1) is 14.5. The Labute approximate surface area is 184 Å². The lowest BCUT2D eigenvalue weighted by molar-refractivity contribution is 0.0491. The molecule has 0 amide bonds. The van der Waals surface area contributed by atoms with E-state index in [1.807, 2.05) is 6.92 Å². The summed E-state index contributed by atoms with van der Waals surface area (Å²) in [5.41, 5.74) is 0.645. The van der Waals surface area contributed by atoms with Gasteiger partial charge in [-0.1, -0.05) is 5.10 Å². The predicted octanol–water partition coefficient (Wildman–Crippen LogP) is 4.50. The molecule has 0 saturated carbocycles. The second-order valence-corrected chi connectivity index (χ2v) is 10.5. The molecule has 2 N–H and O–H groups in total. The predicted molar refractivity (Wildman–Crippen MR) is 118 cm³/mol. The number of aromatic hydroxyl groups is 1. The van der Waals surface area contributed by atoms with Gasteiger partial charge in [0.25, 0.3) is 0 Å². The number of rotatable bonds is 4. The molecule has 7 nitrogen and oxygen atoms in total. The zero-order valence-corrected chi connectivity index (χ0v) is 19.0. The number of piperidine rings is 1. The molecular formula is C22H26FN5O2S. The van der Waals surface area contributed by atoms with E-state index >= 15 is 0 Å². The standard InChI is InChI=1S/C22H26FN5O2S/c1-12-24-11-19(31-12)14-7-18(29)15(6-16(14)23)17-10-25-20(27-26-17)30-13-8-21(2,3)28-22(4,5)9-13/h6-7,10-11,13,28-29H,8-9H2,1-5H3. The molecule has 9 heteroatoms. The van der Waals surface area contributed by atoms with E-state index in [0.29, 0.717) is 10.4 Å². The third kappa shape index (κ3) is 4.83. The van der Waals surface area contributed by atoms with Crippen molar-refractivity contribution in [3.63, 3.8) is 0 Å². The van der Waals surface area contributed by atoms with Crippen LogP contribution in [0.15, 0.2) is 24.5 Å². The van der Waals surface area contributed by atoms with Crippen LogP contribution in [0.1, 0.15) is 45.5 Å². The molecule has 4 rings (SSSR count). The van der Waals surface area contributed by atoms with Crippen molar-refractivity contribution in [1.82, 2.24) is 25.5 Å². The maximum absolute atomic E-state index is 14.7. The van der Waals surface area contributed by atoms with Crippen LogP contribution < -0.4 is 10.1 Å². The van der Waals surface area contributed by atoms with Crippen LogP contribution in [0.2, 0.25) is 0 Å². The molecule has 2 aromatic heterocycles. The number of hydrogen-bond donors (Lipinski definition) is 2. The molecule has 0 bridgehead atoms. The van der Waals surface area contributed by atoms with Gasteiger partial charge < -0.3 is 15.2 Å². The highest BCUT2D eigenvalue weighted by Crippen LogP contribution is 2.37. The molecule has 3 heterocycles. The van der Waals surface area contributed by atoms with Crippen LogP contribution in [0.5, 0.6) is 11.8 Å². The summed E-state index contributed by atoms with van der Waals surface area (Å²) < 4.78 is 20.7. The van der Waals surface area contributed by atoms with Crippen molar-refractivity contribution in [2.45, 2.75) is 64.6 Å². The smallest absolute Gasteiger partial charge is 0.335 e. The maximum atomic E-state index is 14.7. The summed E-state index contributed by atoms with van der Waals surface area (Å²) in [6.07, 6.45) is 4.60. The van der Waals surface area contributed by atoms with E-state index in [9.17, 15) is 9.50 Å². The van der Waals surface area contributed by atoms with E-state index in [1.165, 1.54) is 29.7 Å². The first kappa shape index (κ1) is 21.6.